The van der Waals surface area contributed by atoms with E-state index in [-0.39, 0.29) is 5.91 Å². The van der Waals surface area contributed by atoms with Gasteiger partial charge in [0, 0.05) is 29.8 Å². The number of carbonyl (C=O) groups is 1. The number of amides is 1. The zero-order valence-electron chi connectivity index (χ0n) is 13.5. The molecule has 2 aromatic rings. The number of furan rings is 1. The molecule has 1 aliphatic heterocycles. The maximum absolute atomic E-state index is 12.4. The number of nitrogens with zero attached hydrogens (tertiary/aromatic N) is 2. The zero-order chi connectivity index (χ0) is 17.1. The Morgan fingerprint density at radius 3 is 2.83 bits per heavy atom. The van der Waals surface area contributed by atoms with Crippen molar-refractivity contribution in [3.05, 3.63) is 52.1 Å². The summed E-state index contributed by atoms with van der Waals surface area (Å²) in [4.78, 5) is 19.1. The highest BCUT2D eigenvalue weighted by Gasteiger charge is 2.32. The summed E-state index contributed by atoms with van der Waals surface area (Å²) in [6.07, 6.45) is 1.77. The van der Waals surface area contributed by atoms with Gasteiger partial charge in [-0.1, -0.05) is 23.7 Å². The Balaban J connectivity index is 1.87. The lowest BCUT2D eigenvalue weighted by Gasteiger charge is -2.11. The van der Waals surface area contributed by atoms with Crippen LogP contribution >= 0.6 is 23.4 Å². The van der Waals surface area contributed by atoms with Gasteiger partial charge in [-0.2, -0.15) is 0 Å². The number of amidine groups is 1. The molecule has 1 amide bonds. The van der Waals surface area contributed by atoms with E-state index in [0.29, 0.717) is 28.8 Å². The monoisotopic (exact) mass is 360 g/mol. The number of hydrogen-bond acceptors (Lipinski definition) is 4. The minimum Gasteiger partial charge on any atom is -0.457 e. The number of likely N-dealkylation sites (N-methyl/N-ethyl adjacent to an activating group) is 1. The molecular formula is C18H17ClN2O2S. The lowest BCUT2D eigenvalue weighted by atomic mass is 10.2. The van der Waals surface area contributed by atoms with Crippen LogP contribution in [-0.4, -0.2) is 29.1 Å². The van der Waals surface area contributed by atoms with E-state index in [0.717, 1.165) is 16.5 Å². The van der Waals surface area contributed by atoms with Crippen molar-refractivity contribution in [3.63, 3.8) is 0 Å². The minimum absolute atomic E-state index is 0.0320. The van der Waals surface area contributed by atoms with Gasteiger partial charge >= 0.3 is 0 Å². The molecule has 4 nitrogen and oxygen atoms in total. The molecule has 0 spiro atoms. The fourth-order valence-electron chi connectivity index (χ4n) is 2.40. The summed E-state index contributed by atoms with van der Waals surface area (Å²) >= 11 is 7.40. The summed E-state index contributed by atoms with van der Waals surface area (Å²) in [6, 6.07) is 11.2. The Kier molecular flexibility index (Phi) is 5.11. The van der Waals surface area contributed by atoms with Crippen LogP contribution in [0.5, 0.6) is 0 Å². The van der Waals surface area contributed by atoms with Crippen LogP contribution in [0.1, 0.15) is 19.6 Å². The standard InChI is InChI=1S/C18H17ClN2O2S/c1-3-20-18-21(4-2)17(22)16(24-18)11-14-8-9-15(23-14)12-6-5-7-13(19)10-12/h5-11H,3-4H2,1-2H3/b16-11-,20-18?. The van der Waals surface area contributed by atoms with Crippen LogP contribution in [0.25, 0.3) is 17.4 Å². The molecular weight excluding hydrogens is 344 g/mol. The molecule has 2 heterocycles. The Morgan fingerprint density at radius 2 is 2.12 bits per heavy atom. The van der Waals surface area contributed by atoms with E-state index in [4.69, 9.17) is 16.0 Å². The van der Waals surface area contributed by atoms with Crippen LogP contribution < -0.4 is 0 Å². The van der Waals surface area contributed by atoms with E-state index in [1.54, 1.807) is 11.0 Å². The molecule has 24 heavy (non-hydrogen) atoms. The molecule has 0 atom stereocenters. The number of thioether (sulfide) groups is 1. The summed E-state index contributed by atoms with van der Waals surface area (Å²) < 4.78 is 5.84. The van der Waals surface area contributed by atoms with Gasteiger partial charge in [0.15, 0.2) is 5.17 Å². The molecule has 6 heteroatoms. The SMILES string of the molecule is CCN=C1S/C(=C\c2ccc(-c3cccc(Cl)c3)o2)C(=O)N1CC. The minimum atomic E-state index is -0.0320. The van der Waals surface area contributed by atoms with Crippen molar-refractivity contribution in [2.75, 3.05) is 13.1 Å². The van der Waals surface area contributed by atoms with Gasteiger partial charge in [0.2, 0.25) is 0 Å². The maximum atomic E-state index is 12.4. The first-order valence-electron chi connectivity index (χ1n) is 7.74. The molecule has 1 saturated heterocycles. The fourth-order valence-corrected chi connectivity index (χ4v) is 3.67. The van der Waals surface area contributed by atoms with E-state index in [2.05, 4.69) is 4.99 Å². The van der Waals surface area contributed by atoms with Gasteiger partial charge in [-0.05, 0) is 49.9 Å². The highest BCUT2D eigenvalue weighted by Crippen LogP contribution is 2.33. The number of benzene rings is 1. The van der Waals surface area contributed by atoms with Gasteiger partial charge in [0.25, 0.3) is 5.91 Å². The molecule has 1 aromatic heterocycles. The molecule has 0 N–H and O–H groups in total. The molecule has 0 saturated carbocycles. The molecule has 0 aliphatic carbocycles. The molecule has 0 unspecified atom stereocenters. The second-order valence-corrected chi connectivity index (χ2v) is 6.57. The van der Waals surface area contributed by atoms with Crippen molar-refractivity contribution >= 4 is 40.5 Å². The Labute approximate surface area is 150 Å². The molecule has 1 aromatic carbocycles. The van der Waals surface area contributed by atoms with Gasteiger partial charge in [-0.15, -0.1) is 0 Å². The molecule has 1 fully saturated rings. The molecule has 0 bridgehead atoms. The quantitative estimate of drug-likeness (QED) is 0.727. The molecule has 0 radical (unpaired) electrons. The average Bonchev–Trinajstić information content (AvgIpc) is 3.14. The van der Waals surface area contributed by atoms with Gasteiger partial charge in [-0.25, -0.2) is 0 Å². The van der Waals surface area contributed by atoms with Crippen molar-refractivity contribution in [1.29, 1.82) is 0 Å². The average molecular weight is 361 g/mol. The van der Waals surface area contributed by atoms with Crippen molar-refractivity contribution in [3.8, 4) is 11.3 Å². The zero-order valence-corrected chi connectivity index (χ0v) is 15.0. The summed E-state index contributed by atoms with van der Waals surface area (Å²) in [6.45, 7) is 5.15. The highest BCUT2D eigenvalue weighted by atomic mass is 35.5. The predicted octanol–water partition coefficient (Wildman–Crippen LogP) is 4.91. The first kappa shape index (κ1) is 16.9. The van der Waals surface area contributed by atoms with Gasteiger partial charge in [-0.3, -0.25) is 14.7 Å². The van der Waals surface area contributed by atoms with Crippen molar-refractivity contribution < 1.29 is 9.21 Å². The fraction of sp³-hybridized carbons (Fsp3) is 0.222. The summed E-state index contributed by atoms with van der Waals surface area (Å²) in [5.74, 6) is 1.32. The lowest BCUT2D eigenvalue weighted by Crippen LogP contribution is -2.28. The van der Waals surface area contributed by atoms with Crippen LogP contribution in [0.3, 0.4) is 0 Å². The number of hydrogen-bond donors (Lipinski definition) is 0. The van der Waals surface area contributed by atoms with E-state index < -0.39 is 0 Å². The van der Waals surface area contributed by atoms with E-state index in [9.17, 15) is 4.79 Å². The Bertz CT molecular complexity index is 826. The molecule has 124 valence electrons. The Hall–Kier alpha value is -1.98. The number of aliphatic imine (C=N–C) groups is 1. The number of carbonyl (C=O) groups excluding carboxylic acids is 1. The lowest BCUT2D eigenvalue weighted by molar-refractivity contribution is -0.122. The first-order chi connectivity index (χ1) is 11.6. The predicted molar refractivity (Wildman–Crippen MR) is 100 cm³/mol. The van der Waals surface area contributed by atoms with Crippen LogP contribution in [-0.2, 0) is 4.79 Å². The highest BCUT2D eigenvalue weighted by molar-refractivity contribution is 8.18. The third-order valence-electron chi connectivity index (χ3n) is 3.51. The second kappa shape index (κ2) is 7.28. The van der Waals surface area contributed by atoms with Gasteiger partial charge in [0.1, 0.15) is 11.5 Å². The maximum Gasteiger partial charge on any atom is 0.266 e. The third kappa shape index (κ3) is 3.42. The second-order valence-electron chi connectivity index (χ2n) is 5.13. The smallest absolute Gasteiger partial charge is 0.266 e. The normalized spacial score (nSPS) is 18.1. The number of halogens is 1. The van der Waals surface area contributed by atoms with E-state index >= 15 is 0 Å². The van der Waals surface area contributed by atoms with Crippen LogP contribution in [0.4, 0.5) is 0 Å². The van der Waals surface area contributed by atoms with Crippen molar-refractivity contribution in [2.45, 2.75) is 13.8 Å². The van der Waals surface area contributed by atoms with Gasteiger partial charge in [0.05, 0.1) is 4.91 Å². The summed E-state index contributed by atoms with van der Waals surface area (Å²) in [5, 5.41) is 1.40. The first-order valence-corrected chi connectivity index (χ1v) is 8.93. The topological polar surface area (TPSA) is 45.8 Å². The number of rotatable bonds is 4. The largest absolute Gasteiger partial charge is 0.457 e. The Morgan fingerprint density at radius 1 is 1.29 bits per heavy atom. The van der Waals surface area contributed by atoms with E-state index in [1.165, 1.54) is 11.8 Å². The van der Waals surface area contributed by atoms with Crippen molar-refractivity contribution in [1.82, 2.24) is 4.90 Å². The van der Waals surface area contributed by atoms with Crippen LogP contribution in [0.15, 0.2) is 50.7 Å². The van der Waals surface area contributed by atoms with Crippen molar-refractivity contribution in [2.24, 2.45) is 4.99 Å². The van der Waals surface area contributed by atoms with E-state index in [1.807, 2.05) is 50.2 Å². The summed E-state index contributed by atoms with van der Waals surface area (Å²) in [7, 11) is 0. The third-order valence-corrected chi connectivity index (χ3v) is 4.79. The summed E-state index contributed by atoms with van der Waals surface area (Å²) in [5.41, 5.74) is 0.904. The molecule has 3 rings (SSSR count). The van der Waals surface area contributed by atoms with Gasteiger partial charge < -0.3 is 4.42 Å². The molecule has 1 aliphatic rings. The van der Waals surface area contributed by atoms with Crippen LogP contribution in [0.2, 0.25) is 5.02 Å². The van der Waals surface area contributed by atoms with Crippen LogP contribution in [0, 0.1) is 0 Å².